The van der Waals surface area contributed by atoms with E-state index in [4.69, 9.17) is 5.73 Å². The van der Waals surface area contributed by atoms with Gasteiger partial charge in [0.05, 0.1) is 5.92 Å². The van der Waals surface area contributed by atoms with Gasteiger partial charge in [0, 0.05) is 19.6 Å². The summed E-state index contributed by atoms with van der Waals surface area (Å²) in [5.74, 6) is -0.254. The highest BCUT2D eigenvalue weighted by atomic mass is 16.2. The Morgan fingerprint density at radius 2 is 1.67 bits per heavy atom. The number of rotatable bonds is 7. The Labute approximate surface area is 110 Å². The Hall–Kier alpha value is -1.10. The van der Waals surface area contributed by atoms with Crippen LogP contribution in [0.1, 0.15) is 34.6 Å². The number of hydrogen-bond donors (Lipinski definition) is 2. The third-order valence-electron chi connectivity index (χ3n) is 3.20. The summed E-state index contributed by atoms with van der Waals surface area (Å²) in [6.07, 6.45) is 0. The van der Waals surface area contributed by atoms with E-state index in [1.807, 2.05) is 27.7 Å². The van der Waals surface area contributed by atoms with E-state index in [1.54, 1.807) is 11.8 Å². The van der Waals surface area contributed by atoms with Gasteiger partial charge >= 0.3 is 0 Å². The Kier molecular flexibility index (Phi) is 7.59. The second-order valence-corrected chi connectivity index (χ2v) is 4.83. The molecular weight excluding hydrogens is 230 g/mol. The minimum Gasteiger partial charge on any atom is -0.344 e. The van der Waals surface area contributed by atoms with Crippen LogP contribution in [0.25, 0.3) is 0 Å². The first-order valence-corrected chi connectivity index (χ1v) is 6.68. The minimum absolute atomic E-state index is 0.0483. The summed E-state index contributed by atoms with van der Waals surface area (Å²) >= 11 is 0. The number of carbonyl (C=O) groups excluding carboxylic acids is 2. The molecule has 106 valence electrons. The largest absolute Gasteiger partial charge is 0.344 e. The average molecular weight is 257 g/mol. The number of likely N-dealkylation sites (N-methyl/N-ethyl adjacent to an activating group) is 1. The summed E-state index contributed by atoms with van der Waals surface area (Å²) in [7, 11) is 0. The van der Waals surface area contributed by atoms with E-state index in [1.165, 1.54) is 0 Å². The van der Waals surface area contributed by atoms with Crippen LogP contribution in [-0.4, -0.2) is 42.4 Å². The molecule has 0 fully saturated rings. The number of nitrogens with one attached hydrogen (secondary N) is 1. The van der Waals surface area contributed by atoms with Crippen molar-refractivity contribution in [3.05, 3.63) is 0 Å². The van der Waals surface area contributed by atoms with Crippen LogP contribution >= 0.6 is 0 Å². The molecule has 0 aliphatic carbocycles. The smallest absolute Gasteiger partial charge is 0.244 e. The molecule has 0 aromatic rings. The zero-order chi connectivity index (χ0) is 14.3. The van der Waals surface area contributed by atoms with Crippen molar-refractivity contribution in [2.75, 3.05) is 19.6 Å². The molecular formula is C13H27N3O2. The van der Waals surface area contributed by atoms with E-state index in [0.29, 0.717) is 19.6 Å². The molecule has 2 unspecified atom stereocenters. The van der Waals surface area contributed by atoms with Crippen LogP contribution in [0.15, 0.2) is 0 Å². The molecule has 0 radical (unpaired) electrons. The van der Waals surface area contributed by atoms with E-state index in [-0.39, 0.29) is 23.7 Å². The van der Waals surface area contributed by atoms with Gasteiger partial charge in [-0.25, -0.2) is 0 Å². The molecule has 5 nitrogen and oxygen atoms in total. The van der Waals surface area contributed by atoms with Crippen LogP contribution in [0.3, 0.4) is 0 Å². The van der Waals surface area contributed by atoms with Crippen molar-refractivity contribution in [2.24, 2.45) is 17.6 Å². The molecule has 0 saturated carbocycles. The number of carbonyl (C=O) groups is 2. The van der Waals surface area contributed by atoms with E-state index in [9.17, 15) is 9.59 Å². The molecule has 0 aromatic heterocycles. The third-order valence-corrected chi connectivity index (χ3v) is 3.20. The first-order valence-electron chi connectivity index (χ1n) is 6.68. The van der Waals surface area contributed by atoms with Gasteiger partial charge in [0.25, 0.3) is 0 Å². The predicted molar refractivity (Wildman–Crippen MR) is 72.9 cm³/mol. The topological polar surface area (TPSA) is 75.4 Å². The van der Waals surface area contributed by atoms with Gasteiger partial charge in [0.2, 0.25) is 11.8 Å². The summed E-state index contributed by atoms with van der Waals surface area (Å²) < 4.78 is 0. The van der Waals surface area contributed by atoms with Crippen molar-refractivity contribution in [3.8, 4) is 0 Å². The standard InChI is InChI=1S/C13H27N3O2/c1-6-16(7-2)13(18)10(5)15-12(17)11(8-14)9(3)4/h9-11H,6-8,14H2,1-5H3,(H,15,17). The number of nitrogens with zero attached hydrogens (tertiary/aromatic N) is 1. The van der Waals surface area contributed by atoms with Gasteiger partial charge in [-0.1, -0.05) is 13.8 Å². The Morgan fingerprint density at radius 3 is 2.00 bits per heavy atom. The third kappa shape index (κ3) is 4.64. The normalized spacial score (nSPS) is 14.2. The Morgan fingerprint density at radius 1 is 1.17 bits per heavy atom. The monoisotopic (exact) mass is 257 g/mol. The summed E-state index contributed by atoms with van der Waals surface area (Å²) in [6, 6.07) is -0.495. The first kappa shape index (κ1) is 16.9. The summed E-state index contributed by atoms with van der Waals surface area (Å²) in [5.41, 5.74) is 5.58. The molecule has 2 amide bonds. The molecule has 0 heterocycles. The summed E-state index contributed by atoms with van der Waals surface area (Å²) in [6.45, 7) is 11.1. The average Bonchev–Trinajstić information content (AvgIpc) is 2.30. The van der Waals surface area contributed by atoms with Crippen molar-refractivity contribution in [3.63, 3.8) is 0 Å². The number of hydrogen-bond acceptors (Lipinski definition) is 3. The highest BCUT2D eigenvalue weighted by molar-refractivity contribution is 5.88. The van der Waals surface area contributed by atoms with Gasteiger partial charge in [-0.3, -0.25) is 9.59 Å². The maximum absolute atomic E-state index is 12.0. The molecule has 3 N–H and O–H groups in total. The molecule has 5 heteroatoms. The fourth-order valence-electron chi connectivity index (χ4n) is 1.87. The van der Waals surface area contributed by atoms with Crippen LogP contribution in [0.4, 0.5) is 0 Å². The summed E-state index contributed by atoms with van der Waals surface area (Å²) in [5, 5.41) is 2.75. The molecule has 2 atom stereocenters. The lowest BCUT2D eigenvalue weighted by molar-refractivity contribution is -0.137. The lowest BCUT2D eigenvalue weighted by Crippen LogP contribution is -2.50. The van der Waals surface area contributed by atoms with Crippen LogP contribution in [0, 0.1) is 11.8 Å². The van der Waals surface area contributed by atoms with Crippen molar-refractivity contribution < 1.29 is 9.59 Å². The SMILES string of the molecule is CCN(CC)C(=O)C(C)NC(=O)C(CN)C(C)C. The van der Waals surface area contributed by atoms with Crippen molar-refractivity contribution >= 4 is 11.8 Å². The number of amides is 2. The highest BCUT2D eigenvalue weighted by Gasteiger charge is 2.25. The molecule has 0 rings (SSSR count). The van der Waals surface area contributed by atoms with Crippen molar-refractivity contribution in [1.82, 2.24) is 10.2 Å². The van der Waals surface area contributed by atoms with Gasteiger partial charge in [-0.15, -0.1) is 0 Å². The molecule has 0 aliphatic rings. The van der Waals surface area contributed by atoms with E-state index >= 15 is 0 Å². The fraction of sp³-hybridized carbons (Fsp3) is 0.846. The van der Waals surface area contributed by atoms with E-state index in [2.05, 4.69) is 5.32 Å². The predicted octanol–water partition coefficient (Wildman–Crippen LogP) is 0.590. The van der Waals surface area contributed by atoms with Gasteiger partial charge in [-0.05, 0) is 26.7 Å². The molecule has 0 aliphatic heterocycles. The lowest BCUT2D eigenvalue weighted by atomic mass is 9.95. The second kappa shape index (κ2) is 8.08. The zero-order valence-corrected chi connectivity index (χ0v) is 12.2. The first-order chi connectivity index (χ1) is 8.38. The van der Waals surface area contributed by atoms with Crippen LogP contribution < -0.4 is 11.1 Å². The van der Waals surface area contributed by atoms with Gasteiger partial charge in [0.15, 0.2) is 0 Å². The second-order valence-electron chi connectivity index (χ2n) is 4.83. The fourth-order valence-corrected chi connectivity index (χ4v) is 1.87. The molecule has 0 saturated heterocycles. The van der Waals surface area contributed by atoms with Gasteiger partial charge < -0.3 is 16.0 Å². The Bertz CT molecular complexity index is 275. The zero-order valence-electron chi connectivity index (χ0n) is 12.2. The summed E-state index contributed by atoms with van der Waals surface area (Å²) in [4.78, 5) is 25.7. The number of nitrogens with two attached hydrogens (primary N) is 1. The Balaban J connectivity index is 4.51. The van der Waals surface area contributed by atoms with E-state index < -0.39 is 6.04 Å². The minimum atomic E-state index is -0.495. The van der Waals surface area contributed by atoms with Crippen LogP contribution in [-0.2, 0) is 9.59 Å². The molecule has 0 aromatic carbocycles. The quantitative estimate of drug-likeness (QED) is 0.701. The van der Waals surface area contributed by atoms with Crippen molar-refractivity contribution in [1.29, 1.82) is 0 Å². The molecule has 0 spiro atoms. The maximum atomic E-state index is 12.0. The highest BCUT2D eigenvalue weighted by Crippen LogP contribution is 2.09. The van der Waals surface area contributed by atoms with Crippen LogP contribution in [0.2, 0.25) is 0 Å². The molecule has 18 heavy (non-hydrogen) atoms. The maximum Gasteiger partial charge on any atom is 0.244 e. The van der Waals surface area contributed by atoms with E-state index in [0.717, 1.165) is 0 Å². The molecule has 0 bridgehead atoms. The lowest BCUT2D eigenvalue weighted by Gasteiger charge is -2.25. The van der Waals surface area contributed by atoms with Gasteiger partial charge in [0.1, 0.15) is 6.04 Å². The van der Waals surface area contributed by atoms with Gasteiger partial charge in [-0.2, -0.15) is 0 Å². The van der Waals surface area contributed by atoms with Crippen LogP contribution in [0.5, 0.6) is 0 Å². The van der Waals surface area contributed by atoms with Crippen molar-refractivity contribution in [2.45, 2.75) is 40.7 Å².